The Hall–Kier alpha value is -0.580. The van der Waals surface area contributed by atoms with Crippen molar-refractivity contribution in [3.63, 3.8) is 0 Å². The van der Waals surface area contributed by atoms with Crippen LogP contribution in [0, 0.1) is 5.41 Å². The molecule has 11 heavy (non-hydrogen) atoms. The maximum absolute atomic E-state index is 11.0. The quantitative estimate of drug-likeness (QED) is 0.464. The summed E-state index contributed by atoms with van der Waals surface area (Å²) in [6, 6.07) is 0. The number of sulfone groups is 1. The zero-order valence-corrected chi connectivity index (χ0v) is 7.45. The largest absolute Gasteiger partial charge is 0.388 e. The third-order valence-electron chi connectivity index (χ3n) is 1.20. The molecule has 0 aliphatic heterocycles. The molecule has 0 radical (unpaired) electrons. The Kier molecular flexibility index (Phi) is 4.10. The van der Waals surface area contributed by atoms with Crippen LogP contribution in [0.2, 0.25) is 0 Å². The van der Waals surface area contributed by atoms with Gasteiger partial charge < -0.3 is 5.73 Å². The highest BCUT2D eigenvalue weighted by Crippen LogP contribution is 1.95. The first kappa shape index (κ1) is 10.4. The second-order valence-electron chi connectivity index (χ2n) is 2.43. The predicted octanol–water partition coefficient (Wildman–Crippen LogP) is 0.137. The Labute approximate surface area is 67.2 Å². The molecule has 0 spiro atoms. The third kappa shape index (κ3) is 5.84. The minimum Gasteiger partial charge on any atom is -0.388 e. The third-order valence-corrected chi connectivity index (χ3v) is 3.05. The van der Waals surface area contributed by atoms with Gasteiger partial charge in [-0.2, -0.15) is 0 Å². The maximum atomic E-state index is 11.0. The molecule has 0 atom stereocenters. The molecule has 0 bridgehead atoms. The van der Waals surface area contributed by atoms with Crippen molar-refractivity contribution in [3.8, 4) is 0 Å². The van der Waals surface area contributed by atoms with Gasteiger partial charge in [-0.1, -0.05) is 6.92 Å². The monoisotopic (exact) mass is 178 g/mol. The van der Waals surface area contributed by atoms with E-state index in [0.29, 0.717) is 6.42 Å². The van der Waals surface area contributed by atoms with Crippen LogP contribution in [0.3, 0.4) is 0 Å². The molecule has 3 N–H and O–H groups in total. The van der Waals surface area contributed by atoms with Crippen LogP contribution in [0.25, 0.3) is 0 Å². The second-order valence-corrected chi connectivity index (χ2v) is 4.73. The zero-order valence-electron chi connectivity index (χ0n) is 6.63. The van der Waals surface area contributed by atoms with Crippen LogP contribution in [-0.2, 0) is 9.84 Å². The molecule has 0 aliphatic rings. The van der Waals surface area contributed by atoms with Crippen molar-refractivity contribution in [2.45, 2.75) is 19.8 Å². The molecule has 0 unspecified atom stereocenters. The van der Waals surface area contributed by atoms with Gasteiger partial charge >= 0.3 is 0 Å². The highest BCUT2D eigenvalue weighted by atomic mass is 32.2. The summed E-state index contributed by atoms with van der Waals surface area (Å²) in [6.45, 7) is 1.81. The van der Waals surface area contributed by atoms with Gasteiger partial charge in [0.25, 0.3) is 0 Å². The van der Waals surface area contributed by atoms with Crippen LogP contribution in [0.1, 0.15) is 19.8 Å². The van der Waals surface area contributed by atoms with Crippen LogP contribution in [0.15, 0.2) is 0 Å². The minimum absolute atomic E-state index is 0.0101. The number of amidine groups is 1. The van der Waals surface area contributed by atoms with Gasteiger partial charge in [0.1, 0.15) is 0 Å². The highest BCUT2D eigenvalue weighted by molar-refractivity contribution is 7.91. The molecule has 0 aromatic heterocycles. The lowest BCUT2D eigenvalue weighted by Crippen LogP contribution is -2.18. The number of rotatable bonds is 5. The smallest absolute Gasteiger partial charge is 0.150 e. The summed E-state index contributed by atoms with van der Waals surface area (Å²) >= 11 is 0. The molecule has 66 valence electrons. The lowest BCUT2D eigenvalue weighted by molar-refractivity contribution is 0.594. The van der Waals surface area contributed by atoms with Crippen LogP contribution in [0.4, 0.5) is 0 Å². The summed E-state index contributed by atoms with van der Waals surface area (Å²) in [5, 5.41) is 6.82. The normalized spacial score (nSPS) is 11.4. The zero-order chi connectivity index (χ0) is 8.91. The first-order valence-electron chi connectivity index (χ1n) is 3.51. The van der Waals surface area contributed by atoms with Gasteiger partial charge in [0.15, 0.2) is 9.84 Å². The second kappa shape index (κ2) is 4.33. The Morgan fingerprint density at radius 2 is 2.00 bits per heavy atom. The van der Waals surface area contributed by atoms with Crippen LogP contribution in [0.5, 0.6) is 0 Å². The van der Waals surface area contributed by atoms with Crippen molar-refractivity contribution in [3.05, 3.63) is 0 Å². The highest BCUT2D eigenvalue weighted by Gasteiger charge is 2.08. The van der Waals surface area contributed by atoms with Gasteiger partial charge in [0.2, 0.25) is 0 Å². The van der Waals surface area contributed by atoms with Crippen molar-refractivity contribution in [2.75, 3.05) is 11.5 Å². The van der Waals surface area contributed by atoms with Crippen LogP contribution < -0.4 is 5.73 Å². The van der Waals surface area contributed by atoms with Gasteiger partial charge in [-0.3, -0.25) is 5.41 Å². The van der Waals surface area contributed by atoms with Crippen molar-refractivity contribution in [1.29, 1.82) is 5.41 Å². The predicted molar refractivity (Wildman–Crippen MR) is 45.5 cm³/mol. The van der Waals surface area contributed by atoms with E-state index in [1.165, 1.54) is 0 Å². The SMILES string of the molecule is CCCS(=O)(=O)CCC(=N)N. The molecular formula is C6H14N2O2S. The standard InChI is InChI=1S/C6H14N2O2S/c1-2-4-11(9,10)5-3-6(7)8/h2-5H2,1H3,(H3,7,8). The van der Waals surface area contributed by atoms with Crippen molar-refractivity contribution < 1.29 is 8.42 Å². The number of hydrogen-bond acceptors (Lipinski definition) is 3. The van der Waals surface area contributed by atoms with E-state index < -0.39 is 9.84 Å². The van der Waals surface area contributed by atoms with Crippen molar-refractivity contribution in [2.24, 2.45) is 5.73 Å². The Morgan fingerprint density at radius 3 is 2.36 bits per heavy atom. The van der Waals surface area contributed by atoms with Crippen LogP contribution >= 0.6 is 0 Å². The molecule has 0 saturated heterocycles. The average molecular weight is 178 g/mol. The summed E-state index contributed by atoms with van der Waals surface area (Å²) in [7, 11) is -2.95. The van der Waals surface area contributed by atoms with Crippen molar-refractivity contribution in [1.82, 2.24) is 0 Å². The number of hydrogen-bond donors (Lipinski definition) is 2. The topological polar surface area (TPSA) is 84.0 Å². The van der Waals surface area contributed by atoms with Crippen molar-refractivity contribution >= 4 is 15.7 Å². The maximum Gasteiger partial charge on any atom is 0.150 e. The summed E-state index contributed by atoms with van der Waals surface area (Å²) in [6.07, 6.45) is 0.780. The molecule has 0 rings (SSSR count). The molecule has 0 aliphatic carbocycles. The first-order valence-corrected chi connectivity index (χ1v) is 5.33. The van der Waals surface area contributed by atoms with E-state index in [1.54, 1.807) is 0 Å². The minimum atomic E-state index is -2.95. The lowest BCUT2D eigenvalue weighted by Gasteiger charge is -1.99. The summed E-state index contributed by atoms with van der Waals surface area (Å²) in [4.78, 5) is 0. The molecule has 0 amide bonds. The fraction of sp³-hybridized carbons (Fsp3) is 0.833. The lowest BCUT2D eigenvalue weighted by atomic mass is 10.5. The molecule has 0 saturated carbocycles. The van der Waals surface area contributed by atoms with Gasteiger partial charge in [-0.25, -0.2) is 8.42 Å². The summed E-state index contributed by atoms with van der Waals surface area (Å²) in [5.74, 6) is 0.140. The first-order chi connectivity index (χ1) is 4.98. The van der Waals surface area contributed by atoms with E-state index in [0.717, 1.165) is 0 Å². The number of nitrogens with two attached hydrogens (primary N) is 1. The molecule has 5 heteroatoms. The van der Waals surface area contributed by atoms with E-state index >= 15 is 0 Å². The van der Waals surface area contributed by atoms with Gasteiger partial charge in [-0.05, 0) is 6.42 Å². The fourth-order valence-electron chi connectivity index (χ4n) is 0.679. The summed E-state index contributed by atoms with van der Waals surface area (Å²) < 4.78 is 22.0. The average Bonchev–Trinajstić information content (AvgIpc) is 1.84. The Morgan fingerprint density at radius 1 is 1.45 bits per heavy atom. The van der Waals surface area contributed by atoms with Gasteiger partial charge in [-0.15, -0.1) is 0 Å². The van der Waals surface area contributed by atoms with E-state index in [4.69, 9.17) is 11.1 Å². The molecular weight excluding hydrogens is 164 g/mol. The van der Waals surface area contributed by atoms with Crippen LogP contribution in [-0.4, -0.2) is 25.8 Å². The molecule has 4 nitrogen and oxygen atoms in total. The van der Waals surface area contributed by atoms with Gasteiger partial charge in [0.05, 0.1) is 11.6 Å². The fourth-order valence-corrected chi connectivity index (χ4v) is 2.04. The summed E-state index contributed by atoms with van der Waals surface area (Å²) in [5.41, 5.74) is 5.01. The van der Waals surface area contributed by atoms with E-state index in [2.05, 4.69) is 0 Å². The molecule has 0 aromatic rings. The molecule has 0 fully saturated rings. The molecule has 0 aromatic carbocycles. The molecule has 0 heterocycles. The Bertz CT molecular complexity index is 221. The van der Waals surface area contributed by atoms with E-state index in [9.17, 15) is 8.42 Å². The van der Waals surface area contributed by atoms with E-state index in [1.807, 2.05) is 6.92 Å². The van der Waals surface area contributed by atoms with E-state index in [-0.39, 0.29) is 23.8 Å². The number of nitrogens with one attached hydrogen (secondary N) is 1. The van der Waals surface area contributed by atoms with Gasteiger partial charge in [0, 0.05) is 12.2 Å². The Balaban J connectivity index is 3.84.